The maximum Gasteiger partial charge on any atom is 0.265 e. The number of likely N-dealkylation sites (tertiary alicyclic amines) is 1. The normalized spacial score (nSPS) is 14.6. The molecule has 1 aliphatic heterocycles. The first-order valence-corrected chi connectivity index (χ1v) is 9.44. The number of piperidine rings is 1. The van der Waals surface area contributed by atoms with Crippen LogP contribution in [0, 0.1) is 11.3 Å². The van der Waals surface area contributed by atoms with Gasteiger partial charge in [-0.05, 0) is 62.6 Å². The number of rotatable bonds is 5. The van der Waals surface area contributed by atoms with Gasteiger partial charge in [0, 0.05) is 13.1 Å². The first kappa shape index (κ1) is 19.4. The van der Waals surface area contributed by atoms with E-state index in [1.54, 1.807) is 55.5 Å². The summed E-state index contributed by atoms with van der Waals surface area (Å²) in [4.78, 5) is 27.3. The highest BCUT2D eigenvalue weighted by atomic mass is 16.5. The molecule has 6 nitrogen and oxygen atoms in total. The van der Waals surface area contributed by atoms with Crippen molar-refractivity contribution in [1.29, 1.82) is 5.26 Å². The van der Waals surface area contributed by atoms with Crippen LogP contribution in [0.2, 0.25) is 0 Å². The highest BCUT2D eigenvalue weighted by molar-refractivity contribution is 6.04. The molecule has 6 heteroatoms. The van der Waals surface area contributed by atoms with E-state index < -0.39 is 6.10 Å². The molecule has 0 spiro atoms. The van der Waals surface area contributed by atoms with Crippen molar-refractivity contribution < 1.29 is 14.3 Å². The summed E-state index contributed by atoms with van der Waals surface area (Å²) < 4.78 is 5.65. The van der Waals surface area contributed by atoms with Crippen molar-refractivity contribution in [2.75, 3.05) is 18.4 Å². The molecule has 1 N–H and O–H groups in total. The molecular formula is C22H23N3O3. The molecule has 2 aromatic rings. The van der Waals surface area contributed by atoms with Crippen molar-refractivity contribution in [3.8, 4) is 11.8 Å². The van der Waals surface area contributed by atoms with Crippen LogP contribution in [-0.2, 0) is 4.79 Å². The monoisotopic (exact) mass is 377 g/mol. The van der Waals surface area contributed by atoms with Crippen molar-refractivity contribution in [3.05, 3.63) is 59.7 Å². The molecule has 0 saturated carbocycles. The Morgan fingerprint density at radius 2 is 1.75 bits per heavy atom. The van der Waals surface area contributed by atoms with E-state index in [9.17, 15) is 9.59 Å². The molecule has 1 aliphatic rings. The third-order valence-electron chi connectivity index (χ3n) is 4.72. The van der Waals surface area contributed by atoms with Crippen LogP contribution in [0.5, 0.6) is 5.75 Å². The highest BCUT2D eigenvalue weighted by Crippen LogP contribution is 2.21. The number of carbonyl (C=O) groups is 2. The van der Waals surface area contributed by atoms with Crippen molar-refractivity contribution in [2.45, 2.75) is 32.3 Å². The van der Waals surface area contributed by atoms with Gasteiger partial charge in [0.05, 0.1) is 22.9 Å². The van der Waals surface area contributed by atoms with Crippen LogP contribution in [0.25, 0.3) is 0 Å². The first-order valence-electron chi connectivity index (χ1n) is 9.44. The fraction of sp³-hybridized carbons (Fsp3) is 0.318. The van der Waals surface area contributed by atoms with E-state index in [0.29, 0.717) is 22.6 Å². The lowest BCUT2D eigenvalue weighted by atomic mass is 10.1. The van der Waals surface area contributed by atoms with E-state index in [1.165, 1.54) is 0 Å². The second-order valence-corrected chi connectivity index (χ2v) is 6.78. The lowest BCUT2D eigenvalue weighted by Gasteiger charge is -2.27. The quantitative estimate of drug-likeness (QED) is 0.863. The highest BCUT2D eigenvalue weighted by Gasteiger charge is 2.22. The standard InChI is InChI=1S/C22H23N3O3/c1-16(28-18-11-9-17(15-23)10-12-18)21(26)24-20-8-4-3-7-19(20)22(27)25-13-5-2-6-14-25/h3-4,7-12,16H,2,5-6,13-14H2,1H3,(H,24,26)/t16-/m0/s1. The molecule has 1 heterocycles. The number of nitrogens with one attached hydrogen (secondary N) is 1. The minimum absolute atomic E-state index is 0.0590. The summed E-state index contributed by atoms with van der Waals surface area (Å²) in [6.07, 6.45) is 2.41. The van der Waals surface area contributed by atoms with Crippen molar-refractivity contribution >= 4 is 17.5 Å². The molecule has 3 rings (SSSR count). The minimum atomic E-state index is -0.758. The van der Waals surface area contributed by atoms with Gasteiger partial charge in [-0.1, -0.05) is 12.1 Å². The zero-order chi connectivity index (χ0) is 19.9. The van der Waals surface area contributed by atoms with Crippen LogP contribution >= 0.6 is 0 Å². The Morgan fingerprint density at radius 1 is 1.07 bits per heavy atom. The van der Waals surface area contributed by atoms with E-state index in [1.807, 2.05) is 11.0 Å². The van der Waals surface area contributed by atoms with E-state index in [0.717, 1.165) is 32.4 Å². The van der Waals surface area contributed by atoms with Gasteiger partial charge in [0.15, 0.2) is 6.10 Å². The Labute approximate surface area is 164 Å². The Bertz CT molecular complexity index is 881. The Balaban J connectivity index is 1.67. The Hall–Kier alpha value is -3.33. The SMILES string of the molecule is C[C@H](Oc1ccc(C#N)cc1)C(=O)Nc1ccccc1C(=O)N1CCCCC1. The second-order valence-electron chi connectivity index (χ2n) is 6.78. The smallest absolute Gasteiger partial charge is 0.265 e. The van der Waals surface area contributed by atoms with E-state index >= 15 is 0 Å². The molecule has 0 bridgehead atoms. The van der Waals surface area contributed by atoms with Crippen molar-refractivity contribution in [2.24, 2.45) is 0 Å². The molecule has 28 heavy (non-hydrogen) atoms. The van der Waals surface area contributed by atoms with Crippen LogP contribution in [0.1, 0.15) is 42.1 Å². The van der Waals surface area contributed by atoms with Crippen LogP contribution < -0.4 is 10.1 Å². The lowest BCUT2D eigenvalue weighted by molar-refractivity contribution is -0.122. The second kappa shape index (κ2) is 9.05. The zero-order valence-corrected chi connectivity index (χ0v) is 15.9. The minimum Gasteiger partial charge on any atom is -0.481 e. The average molecular weight is 377 g/mol. The summed E-state index contributed by atoms with van der Waals surface area (Å²) in [5, 5.41) is 11.7. The van der Waals surface area contributed by atoms with Gasteiger partial charge in [-0.3, -0.25) is 9.59 Å². The fourth-order valence-corrected chi connectivity index (χ4v) is 3.15. The average Bonchev–Trinajstić information content (AvgIpc) is 2.74. The van der Waals surface area contributed by atoms with E-state index in [-0.39, 0.29) is 11.8 Å². The van der Waals surface area contributed by atoms with Gasteiger partial charge in [-0.15, -0.1) is 0 Å². The summed E-state index contributed by atoms with van der Waals surface area (Å²) in [6.45, 7) is 3.14. The number of para-hydroxylation sites is 1. The number of anilines is 1. The Kier molecular flexibility index (Phi) is 6.28. The van der Waals surface area contributed by atoms with E-state index in [4.69, 9.17) is 10.00 Å². The maximum absolute atomic E-state index is 12.8. The van der Waals surface area contributed by atoms with Gasteiger partial charge in [0.25, 0.3) is 11.8 Å². The number of hydrogen-bond acceptors (Lipinski definition) is 4. The molecule has 0 unspecified atom stereocenters. The van der Waals surface area contributed by atoms with Gasteiger partial charge in [0.2, 0.25) is 0 Å². The summed E-state index contributed by atoms with van der Waals surface area (Å²) in [7, 11) is 0. The topological polar surface area (TPSA) is 82.4 Å². The third kappa shape index (κ3) is 4.68. The molecular weight excluding hydrogens is 354 g/mol. The lowest BCUT2D eigenvalue weighted by Crippen LogP contribution is -2.36. The molecule has 144 valence electrons. The summed E-state index contributed by atoms with van der Waals surface area (Å²) in [5.74, 6) is 0.0962. The molecule has 1 saturated heterocycles. The molecule has 1 atom stereocenters. The predicted octanol–water partition coefficient (Wildman–Crippen LogP) is 3.59. The summed E-state index contributed by atoms with van der Waals surface area (Å²) >= 11 is 0. The molecule has 0 radical (unpaired) electrons. The number of amides is 2. The number of nitrogens with zero attached hydrogens (tertiary/aromatic N) is 2. The molecule has 1 fully saturated rings. The molecule has 2 aromatic carbocycles. The summed E-state index contributed by atoms with van der Waals surface area (Å²) in [6, 6.07) is 15.6. The number of benzene rings is 2. The van der Waals surface area contributed by atoms with Crippen LogP contribution in [-0.4, -0.2) is 35.9 Å². The third-order valence-corrected chi connectivity index (χ3v) is 4.72. The predicted molar refractivity (Wildman–Crippen MR) is 106 cm³/mol. The van der Waals surface area contributed by atoms with Crippen LogP contribution in [0.4, 0.5) is 5.69 Å². The van der Waals surface area contributed by atoms with Crippen LogP contribution in [0.3, 0.4) is 0 Å². The van der Waals surface area contributed by atoms with Gasteiger partial charge >= 0.3 is 0 Å². The van der Waals surface area contributed by atoms with Gasteiger partial charge in [0.1, 0.15) is 5.75 Å². The molecule has 0 aromatic heterocycles. The zero-order valence-electron chi connectivity index (χ0n) is 15.9. The van der Waals surface area contributed by atoms with Gasteiger partial charge in [-0.2, -0.15) is 5.26 Å². The number of hydrogen-bond donors (Lipinski definition) is 1. The van der Waals surface area contributed by atoms with Crippen molar-refractivity contribution in [3.63, 3.8) is 0 Å². The summed E-state index contributed by atoms with van der Waals surface area (Å²) in [5.41, 5.74) is 1.50. The fourth-order valence-electron chi connectivity index (χ4n) is 3.15. The van der Waals surface area contributed by atoms with Gasteiger partial charge in [-0.25, -0.2) is 0 Å². The number of carbonyl (C=O) groups excluding carboxylic acids is 2. The van der Waals surface area contributed by atoms with Crippen LogP contribution in [0.15, 0.2) is 48.5 Å². The van der Waals surface area contributed by atoms with Gasteiger partial charge < -0.3 is 15.0 Å². The molecule has 2 amide bonds. The number of nitriles is 1. The van der Waals surface area contributed by atoms with Crippen molar-refractivity contribution in [1.82, 2.24) is 4.90 Å². The van der Waals surface area contributed by atoms with E-state index in [2.05, 4.69) is 5.32 Å². The largest absolute Gasteiger partial charge is 0.481 e. The first-order chi connectivity index (χ1) is 13.6. The maximum atomic E-state index is 12.8. The molecule has 0 aliphatic carbocycles. The Morgan fingerprint density at radius 3 is 2.43 bits per heavy atom. The number of ether oxygens (including phenoxy) is 1.